The fraction of sp³-hybridized carbons (Fsp3) is 0.588. The maximum absolute atomic E-state index is 11.6. The van der Waals surface area contributed by atoms with Gasteiger partial charge in [-0.1, -0.05) is 51.4 Å². The predicted molar refractivity (Wildman–Crippen MR) is 84.6 cm³/mol. The number of Topliss-reactive ketones (excluding diaryl/α,β-unsaturated/α-hetero) is 1. The van der Waals surface area contributed by atoms with E-state index >= 15 is 0 Å². The molecular formula is C17H25ClO2. The van der Waals surface area contributed by atoms with Crippen molar-refractivity contribution in [3.63, 3.8) is 0 Å². The number of ether oxygens (including phenoxy) is 1. The van der Waals surface area contributed by atoms with Crippen molar-refractivity contribution in [2.75, 3.05) is 6.61 Å². The highest BCUT2D eigenvalue weighted by molar-refractivity contribution is 6.32. The fourth-order valence-corrected chi connectivity index (χ4v) is 2.13. The largest absolute Gasteiger partial charge is 0.492 e. The number of ketones is 1. The van der Waals surface area contributed by atoms with Crippen LogP contribution in [0.15, 0.2) is 18.2 Å². The Morgan fingerprint density at radius 1 is 1.25 bits per heavy atom. The molecule has 0 bridgehead atoms. The number of carbonyl (C=O) groups is 1. The molecular weight excluding hydrogens is 272 g/mol. The summed E-state index contributed by atoms with van der Waals surface area (Å²) in [5.41, 5.74) is 1.06. The van der Waals surface area contributed by atoms with Crippen LogP contribution in [0.2, 0.25) is 5.02 Å². The van der Waals surface area contributed by atoms with E-state index in [1.54, 1.807) is 0 Å². The van der Waals surface area contributed by atoms with Gasteiger partial charge in [0.25, 0.3) is 0 Å². The first kappa shape index (κ1) is 17.0. The lowest BCUT2D eigenvalue weighted by molar-refractivity contribution is -0.121. The molecule has 0 aromatic heterocycles. The molecule has 0 spiro atoms. The topological polar surface area (TPSA) is 26.3 Å². The van der Waals surface area contributed by atoms with Crippen LogP contribution in [0.4, 0.5) is 0 Å². The highest BCUT2D eigenvalue weighted by Gasteiger charge is 2.10. The maximum atomic E-state index is 11.6. The minimum atomic E-state index is 0.117. The average molecular weight is 297 g/mol. The molecule has 0 unspecified atom stereocenters. The molecule has 2 nitrogen and oxygen atoms in total. The molecule has 1 rings (SSSR count). The van der Waals surface area contributed by atoms with Gasteiger partial charge in [-0.15, -0.1) is 0 Å². The van der Waals surface area contributed by atoms with Crippen LogP contribution in [-0.2, 0) is 11.2 Å². The van der Waals surface area contributed by atoms with E-state index in [1.165, 1.54) is 0 Å². The summed E-state index contributed by atoms with van der Waals surface area (Å²) >= 11 is 6.36. The van der Waals surface area contributed by atoms with Gasteiger partial charge in [0.15, 0.2) is 0 Å². The van der Waals surface area contributed by atoms with Gasteiger partial charge in [0.2, 0.25) is 0 Å². The van der Waals surface area contributed by atoms with E-state index in [1.807, 2.05) is 32.0 Å². The first-order valence-corrected chi connectivity index (χ1v) is 7.72. The zero-order valence-electron chi connectivity index (χ0n) is 12.9. The minimum absolute atomic E-state index is 0.117. The van der Waals surface area contributed by atoms with E-state index in [4.69, 9.17) is 16.3 Å². The first-order chi connectivity index (χ1) is 9.41. The Hall–Kier alpha value is -1.02. The van der Waals surface area contributed by atoms with Gasteiger partial charge < -0.3 is 4.74 Å². The van der Waals surface area contributed by atoms with Crippen molar-refractivity contribution in [3.05, 3.63) is 28.8 Å². The standard InChI is InChI=1S/C17H25ClO2/c1-12(2)11-20-16-10-6-8-14(17(16)18)7-5-9-15(19)13(3)4/h6,8,10,12-13H,5,7,9,11H2,1-4H3. The smallest absolute Gasteiger partial charge is 0.138 e. The van der Waals surface area contributed by atoms with Gasteiger partial charge in [0, 0.05) is 12.3 Å². The van der Waals surface area contributed by atoms with Crippen molar-refractivity contribution in [2.24, 2.45) is 11.8 Å². The third-order valence-electron chi connectivity index (χ3n) is 3.13. The van der Waals surface area contributed by atoms with Crippen molar-refractivity contribution in [1.29, 1.82) is 0 Å². The predicted octanol–water partition coefficient (Wildman–Crippen LogP) is 4.92. The van der Waals surface area contributed by atoms with Crippen LogP contribution < -0.4 is 4.74 Å². The van der Waals surface area contributed by atoms with Gasteiger partial charge in [-0.2, -0.15) is 0 Å². The van der Waals surface area contributed by atoms with Gasteiger partial charge in [0.1, 0.15) is 11.5 Å². The lowest BCUT2D eigenvalue weighted by Crippen LogP contribution is -2.07. The molecule has 20 heavy (non-hydrogen) atoms. The molecule has 1 aromatic carbocycles. The monoisotopic (exact) mass is 296 g/mol. The quantitative estimate of drug-likeness (QED) is 0.680. The number of halogens is 1. The van der Waals surface area contributed by atoms with Crippen LogP contribution in [0.25, 0.3) is 0 Å². The van der Waals surface area contributed by atoms with E-state index < -0.39 is 0 Å². The minimum Gasteiger partial charge on any atom is -0.492 e. The number of benzene rings is 1. The van der Waals surface area contributed by atoms with E-state index in [-0.39, 0.29) is 5.92 Å². The summed E-state index contributed by atoms with van der Waals surface area (Å²) in [7, 11) is 0. The van der Waals surface area contributed by atoms with E-state index in [9.17, 15) is 4.79 Å². The van der Waals surface area contributed by atoms with Gasteiger partial charge in [0.05, 0.1) is 11.6 Å². The third kappa shape index (κ3) is 5.54. The van der Waals surface area contributed by atoms with Crippen LogP contribution in [0.5, 0.6) is 5.75 Å². The van der Waals surface area contributed by atoms with Gasteiger partial charge in [-0.25, -0.2) is 0 Å². The number of hydrogen-bond acceptors (Lipinski definition) is 2. The molecule has 0 radical (unpaired) electrons. The highest BCUT2D eigenvalue weighted by Crippen LogP contribution is 2.29. The van der Waals surface area contributed by atoms with Crippen LogP contribution in [0.3, 0.4) is 0 Å². The molecule has 0 saturated carbocycles. The van der Waals surface area contributed by atoms with E-state index in [0.29, 0.717) is 29.8 Å². The normalized spacial score (nSPS) is 11.2. The summed E-state index contributed by atoms with van der Waals surface area (Å²) in [6.45, 7) is 8.75. The Labute approximate surface area is 127 Å². The van der Waals surface area contributed by atoms with Crippen molar-refractivity contribution >= 4 is 17.4 Å². The summed E-state index contributed by atoms with van der Waals surface area (Å²) in [6, 6.07) is 5.86. The Kier molecular flexibility index (Phi) is 7.08. The summed E-state index contributed by atoms with van der Waals surface area (Å²) in [6.07, 6.45) is 2.27. The van der Waals surface area contributed by atoms with Crippen LogP contribution in [-0.4, -0.2) is 12.4 Å². The SMILES string of the molecule is CC(C)COc1cccc(CCCC(=O)C(C)C)c1Cl. The van der Waals surface area contributed by atoms with Crippen molar-refractivity contribution < 1.29 is 9.53 Å². The molecule has 0 fully saturated rings. The molecule has 0 saturated heterocycles. The van der Waals surface area contributed by atoms with E-state index in [0.717, 1.165) is 24.2 Å². The molecule has 0 aliphatic carbocycles. The van der Waals surface area contributed by atoms with Gasteiger partial charge in [-0.05, 0) is 30.4 Å². The molecule has 112 valence electrons. The van der Waals surface area contributed by atoms with Crippen LogP contribution >= 0.6 is 11.6 Å². The number of carbonyl (C=O) groups excluding carboxylic acids is 1. The molecule has 0 amide bonds. The second kappa shape index (κ2) is 8.31. The molecule has 0 heterocycles. The van der Waals surface area contributed by atoms with Gasteiger partial charge in [-0.3, -0.25) is 4.79 Å². The highest BCUT2D eigenvalue weighted by atomic mass is 35.5. The van der Waals surface area contributed by atoms with Crippen molar-refractivity contribution in [2.45, 2.75) is 47.0 Å². The number of hydrogen-bond donors (Lipinski definition) is 0. The maximum Gasteiger partial charge on any atom is 0.138 e. The van der Waals surface area contributed by atoms with Crippen LogP contribution in [0.1, 0.15) is 46.1 Å². The lowest BCUT2D eigenvalue weighted by Gasteiger charge is -2.13. The van der Waals surface area contributed by atoms with Crippen LogP contribution in [0, 0.1) is 11.8 Å². The second-order valence-corrected chi connectivity index (χ2v) is 6.29. The zero-order valence-corrected chi connectivity index (χ0v) is 13.7. The summed E-state index contributed by atoms with van der Waals surface area (Å²) < 4.78 is 5.71. The summed E-state index contributed by atoms with van der Waals surface area (Å²) in [5, 5.41) is 0.685. The molecule has 0 aliphatic heterocycles. The Bertz CT molecular complexity index is 439. The fourth-order valence-electron chi connectivity index (χ4n) is 1.86. The summed E-state index contributed by atoms with van der Waals surface area (Å²) in [5.74, 6) is 1.64. The summed E-state index contributed by atoms with van der Waals surface area (Å²) in [4.78, 5) is 11.6. The number of aryl methyl sites for hydroxylation is 1. The molecule has 3 heteroatoms. The molecule has 0 atom stereocenters. The lowest BCUT2D eigenvalue weighted by atomic mass is 10.0. The van der Waals surface area contributed by atoms with Gasteiger partial charge >= 0.3 is 0 Å². The third-order valence-corrected chi connectivity index (χ3v) is 3.56. The Balaban J connectivity index is 2.58. The molecule has 0 N–H and O–H groups in total. The Morgan fingerprint density at radius 2 is 1.95 bits per heavy atom. The average Bonchev–Trinajstić information content (AvgIpc) is 2.38. The number of rotatable bonds is 8. The molecule has 1 aromatic rings. The van der Waals surface area contributed by atoms with Crippen molar-refractivity contribution in [3.8, 4) is 5.75 Å². The van der Waals surface area contributed by atoms with Crippen molar-refractivity contribution in [1.82, 2.24) is 0 Å². The Morgan fingerprint density at radius 3 is 2.55 bits per heavy atom. The first-order valence-electron chi connectivity index (χ1n) is 7.34. The van der Waals surface area contributed by atoms with E-state index in [2.05, 4.69) is 13.8 Å². The second-order valence-electron chi connectivity index (χ2n) is 5.91. The molecule has 0 aliphatic rings. The zero-order chi connectivity index (χ0) is 15.1.